The Bertz CT molecular complexity index is 699. The minimum atomic E-state index is -0.433. The fourth-order valence-corrected chi connectivity index (χ4v) is 1.88. The average Bonchev–Trinajstić information content (AvgIpc) is 2.50. The van der Waals surface area contributed by atoms with E-state index in [-0.39, 0.29) is 17.3 Å². The van der Waals surface area contributed by atoms with Crippen LogP contribution in [0.5, 0.6) is 23.1 Å². The highest BCUT2D eigenvalue weighted by Gasteiger charge is 2.19. The maximum atomic E-state index is 11.8. The van der Waals surface area contributed by atoms with Crippen molar-refractivity contribution < 1.29 is 19.3 Å². The molecular weight excluding hydrogens is 276 g/mol. The lowest BCUT2D eigenvalue weighted by Crippen LogP contribution is -2.12. The standard InChI is InChI=1S/C14H16N2O5/c1-7-13(17)15-12(16-14(7)18)11-9(20-3)5-8(19-2)6-10(11)21-4/h5-6H,1-4H3,(H2,15,16,17,18). The SMILES string of the molecule is COc1cc(OC)c(-c2nc(O)c(C)c(=O)[nH]2)c(OC)c1. The topological polar surface area (TPSA) is 93.7 Å². The molecule has 0 atom stereocenters. The summed E-state index contributed by atoms with van der Waals surface area (Å²) in [6, 6.07) is 3.27. The minimum Gasteiger partial charge on any atom is -0.496 e. The van der Waals surface area contributed by atoms with E-state index in [4.69, 9.17) is 14.2 Å². The van der Waals surface area contributed by atoms with E-state index >= 15 is 0 Å². The van der Waals surface area contributed by atoms with Gasteiger partial charge in [0.25, 0.3) is 5.56 Å². The van der Waals surface area contributed by atoms with Crippen molar-refractivity contribution in [3.05, 3.63) is 28.0 Å². The summed E-state index contributed by atoms with van der Waals surface area (Å²) in [6.45, 7) is 1.48. The Labute approximate surface area is 121 Å². The van der Waals surface area contributed by atoms with E-state index in [2.05, 4.69) is 9.97 Å². The van der Waals surface area contributed by atoms with Crippen LogP contribution in [0.2, 0.25) is 0 Å². The molecule has 0 saturated carbocycles. The molecule has 1 aromatic heterocycles. The zero-order valence-corrected chi connectivity index (χ0v) is 12.2. The van der Waals surface area contributed by atoms with Crippen LogP contribution in [0.25, 0.3) is 11.4 Å². The molecule has 0 radical (unpaired) electrons. The molecule has 2 aromatic rings. The van der Waals surface area contributed by atoms with Gasteiger partial charge >= 0.3 is 0 Å². The van der Waals surface area contributed by atoms with E-state index < -0.39 is 5.56 Å². The van der Waals surface area contributed by atoms with Crippen molar-refractivity contribution in [1.82, 2.24) is 9.97 Å². The molecule has 112 valence electrons. The molecule has 1 aromatic carbocycles. The number of aromatic nitrogens is 2. The van der Waals surface area contributed by atoms with Gasteiger partial charge in [-0.2, -0.15) is 4.98 Å². The van der Waals surface area contributed by atoms with Crippen molar-refractivity contribution in [2.75, 3.05) is 21.3 Å². The zero-order chi connectivity index (χ0) is 15.6. The summed E-state index contributed by atoms with van der Waals surface area (Å²) in [5.41, 5.74) is 0.135. The van der Waals surface area contributed by atoms with Crippen LogP contribution in [-0.2, 0) is 0 Å². The number of methoxy groups -OCH3 is 3. The Kier molecular flexibility index (Phi) is 4.02. The molecule has 0 aliphatic carbocycles. The van der Waals surface area contributed by atoms with Gasteiger partial charge in [0, 0.05) is 12.1 Å². The summed E-state index contributed by atoms with van der Waals surface area (Å²) in [5, 5.41) is 9.73. The Morgan fingerprint density at radius 1 is 1.10 bits per heavy atom. The first-order valence-corrected chi connectivity index (χ1v) is 6.12. The maximum Gasteiger partial charge on any atom is 0.257 e. The van der Waals surface area contributed by atoms with E-state index in [0.717, 1.165) is 0 Å². The van der Waals surface area contributed by atoms with Gasteiger partial charge in [-0.1, -0.05) is 0 Å². The number of ether oxygens (including phenoxy) is 3. The number of hydrogen-bond donors (Lipinski definition) is 2. The van der Waals surface area contributed by atoms with Gasteiger partial charge < -0.3 is 24.3 Å². The van der Waals surface area contributed by atoms with Gasteiger partial charge in [-0.15, -0.1) is 0 Å². The number of nitrogens with zero attached hydrogens (tertiary/aromatic N) is 1. The number of H-pyrrole nitrogens is 1. The van der Waals surface area contributed by atoms with Gasteiger partial charge in [0.2, 0.25) is 5.88 Å². The summed E-state index contributed by atoms with van der Waals surface area (Å²) in [5.74, 6) is 1.15. The summed E-state index contributed by atoms with van der Waals surface area (Å²) in [7, 11) is 4.47. The highest BCUT2D eigenvalue weighted by molar-refractivity contribution is 5.74. The van der Waals surface area contributed by atoms with Gasteiger partial charge in [-0.25, -0.2) is 0 Å². The lowest BCUT2D eigenvalue weighted by atomic mass is 10.1. The number of nitrogens with one attached hydrogen (secondary N) is 1. The molecule has 7 heteroatoms. The van der Waals surface area contributed by atoms with Crippen molar-refractivity contribution in [1.29, 1.82) is 0 Å². The first-order chi connectivity index (χ1) is 10.0. The summed E-state index contributed by atoms with van der Waals surface area (Å²) >= 11 is 0. The zero-order valence-electron chi connectivity index (χ0n) is 12.2. The van der Waals surface area contributed by atoms with E-state index in [0.29, 0.717) is 22.8 Å². The van der Waals surface area contributed by atoms with Crippen LogP contribution in [0.4, 0.5) is 0 Å². The van der Waals surface area contributed by atoms with Crippen molar-refractivity contribution >= 4 is 0 Å². The molecule has 0 saturated heterocycles. The number of benzene rings is 1. The fraction of sp³-hybridized carbons (Fsp3) is 0.286. The summed E-state index contributed by atoms with van der Waals surface area (Å²) in [6.07, 6.45) is 0. The van der Waals surface area contributed by atoms with Crippen molar-refractivity contribution in [2.45, 2.75) is 6.92 Å². The maximum absolute atomic E-state index is 11.8. The second kappa shape index (κ2) is 5.74. The van der Waals surface area contributed by atoms with Gasteiger partial charge in [-0.3, -0.25) is 4.79 Å². The molecule has 0 spiro atoms. The second-order valence-corrected chi connectivity index (χ2v) is 4.27. The molecule has 0 aliphatic heterocycles. The van der Waals surface area contributed by atoms with Crippen LogP contribution in [0.3, 0.4) is 0 Å². The Hall–Kier alpha value is -2.70. The van der Waals surface area contributed by atoms with E-state index in [9.17, 15) is 9.90 Å². The van der Waals surface area contributed by atoms with Crippen LogP contribution in [-0.4, -0.2) is 36.4 Å². The fourth-order valence-electron chi connectivity index (χ4n) is 1.88. The number of rotatable bonds is 4. The first-order valence-electron chi connectivity index (χ1n) is 6.12. The smallest absolute Gasteiger partial charge is 0.257 e. The minimum absolute atomic E-state index is 0.144. The molecule has 7 nitrogen and oxygen atoms in total. The molecule has 2 N–H and O–H groups in total. The first kappa shape index (κ1) is 14.7. The highest BCUT2D eigenvalue weighted by atomic mass is 16.5. The van der Waals surface area contributed by atoms with Crippen LogP contribution in [0, 0.1) is 6.92 Å². The van der Waals surface area contributed by atoms with Gasteiger partial charge in [0.1, 0.15) is 22.8 Å². The monoisotopic (exact) mass is 292 g/mol. The van der Waals surface area contributed by atoms with Gasteiger partial charge in [0.05, 0.1) is 26.9 Å². The molecule has 21 heavy (non-hydrogen) atoms. The van der Waals surface area contributed by atoms with Crippen LogP contribution in [0.15, 0.2) is 16.9 Å². The summed E-state index contributed by atoms with van der Waals surface area (Å²) < 4.78 is 15.7. The van der Waals surface area contributed by atoms with E-state index in [1.165, 1.54) is 28.3 Å². The van der Waals surface area contributed by atoms with Crippen molar-refractivity contribution in [3.8, 4) is 34.5 Å². The normalized spacial score (nSPS) is 10.3. The number of aromatic amines is 1. The number of aromatic hydroxyl groups is 1. The highest BCUT2D eigenvalue weighted by Crippen LogP contribution is 2.40. The molecule has 0 aliphatic rings. The van der Waals surface area contributed by atoms with E-state index in [1.807, 2.05) is 0 Å². The summed E-state index contributed by atoms with van der Waals surface area (Å²) in [4.78, 5) is 18.4. The van der Waals surface area contributed by atoms with Crippen LogP contribution in [0.1, 0.15) is 5.56 Å². The van der Waals surface area contributed by atoms with Crippen LogP contribution < -0.4 is 19.8 Å². The Balaban J connectivity index is 2.76. The molecular formula is C14H16N2O5. The van der Waals surface area contributed by atoms with E-state index in [1.54, 1.807) is 12.1 Å². The van der Waals surface area contributed by atoms with Crippen molar-refractivity contribution in [2.24, 2.45) is 0 Å². The lowest BCUT2D eigenvalue weighted by Gasteiger charge is -2.14. The van der Waals surface area contributed by atoms with Crippen LogP contribution >= 0.6 is 0 Å². The molecule has 0 unspecified atom stereocenters. The largest absolute Gasteiger partial charge is 0.496 e. The van der Waals surface area contributed by atoms with Gasteiger partial charge in [0.15, 0.2) is 5.82 Å². The Morgan fingerprint density at radius 3 is 2.10 bits per heavy atom. The number of hydrogen-bond acceptors (Lipinski definition) is 6. The Morgan fingerprint density at radius 2 is 1.67 bits per heavy atom. The third-order valence-corrected chi connectivity index (χ3v) is 3.08. The van der Waals surface area contributed by atoms with Crippen molar-refractivity contribution in [3.63, 3.8) is 0 Å². The quantitative estimate of drug-likeness (QED) is 0.886. The average molecular weight is 292 g/mol. The molecule has 0 fully saturated rings. The predicted molar refractivity (Wildman–Crippen MR) is 76.4 cm³/mol. The third-order valence-electron chi connectivity index (χ3n) is 3.08. The molecule has 0 bridgehead atoms. The molecule has 0 amide bonds. The van der Waals surface area contributed by atoms with Gasteiger partial charge in [-0.05, 0) is 6.92 Å². The third kappa shape index (κ3) is 2.62. The lowest BCUT2D eigenvalue weighted by molar-refractivity contribution is 0.377. The molecule has 1 heterocycles. The second-order valence-electron chi connectivity index (χ2n) is 4.27. The predicted octanol–water partition coefficient (Wildman–Crippen LogP) is 1.48. The molecule has 2 rings (SSSR count).